The molecule has 0 fully saturated rings. The molecule has 1 N–H and O–H groups in total. The summed E-state index contributed by atoms with van der Waals surface area (Å²) in [6.07, 6.45) is 0. The average molecular weight is 657 g/mol. The molecule has 0 aliphatic carbocycles. The molecule has 0 aliphatic heterocycles. The fraction of sp³-hybridized carbons (Fsp3) is 0. The van der Waals surface area contributed by atoms with Crippen LogP contribution in [0.3, 0.4) is 0 Å². The van der Waals surface area contributed by atoms with E-state index in [2.05, 4.69) is 168 Å². The quantitative estimate of drug-likeness (QED) is 0.201. The van der Waals surface area contributed by atoms with E-state index in [1.54, 1.807) is 0 Å². The number of fused-ring (bicyclic) bond motifs is 6. The Morgan fingerprint density at radius 2 is 1.00 bits per heavy atom. The van der Waals surface area contributed by atoms with Crippen molar-refractivity contribution < 1.29 is 0 Å². The van der Waals surface area contributed by atoms with Crippen LogP contribution in [0.4, 0.5) is 0 Å². The zero-order valence-corrected chi connectivity index (χ0v) is 27.7. The third-order valence-electron chi connectivity index (χ3n) is 9.70. The summed E-state index contributed by atoms with van der Waals surface area (Å²) in [5, 5.41) is 19.0. The highest BCUT2D eigenvalue weighted by atomic mass is 32.1. The van der Waals surface area contributed by atoms with E-state index >= 15 is 0 Å². The first-order chi connectivity index (χ1) is 24.8. The fourth-order valence-corrected chi connectivity index (χ4v) is 8.66. The van der Waals surface area contributed by atoms with E-state index in [0.29, 0.717) is 0 Å². The Hall–Kier alpha value is -6.43. The Labute approximate surface area is 292 Å². The lowest BCUT2D eigenvalue weighted by Crippen LogP contribution is -2.02. The highest BCUT2D eigenvalue weighted by molar-refractivity contribution is 7.25. The first-order valence-corrected chi connectivity index (χ1v) is 17.5. The third kappa shape index (κ3) is 4.48. The molecule has 10 aromatic rings. The molecule has 0 saturated carbocycles. The van der Waals surface area contributed by atoms with Gasteiger partial charge in [0.15, 0.2) is 0 Å². The van der Waals surface area contributed by atoms with Crippen molar-refractivity contribution in [3.8, 4) is 55.9 Å². The van der Waals surface area contributed by atoms with Gasteiger partial charge in [0.1, 0.15) is 11.4 Å². The molecule has 3 heterocycles. The molecule has 234 valence electrons. The molecule has 10 rings (SSSR count). The van der Waals surface area contributed by atoms with Gasteiger partial charge in [0, 0.05) is 58.7 Å². The molecule has 0 atom stereocenters. The minimum absolute atomic E-state index is 0.794. The summed E-state index contributed by atoms with van der Waals surface area (Å²) in [5.74, 6) is 0. The molecule has 0 radical (unpaired) electrons. The van der Waals surface area contributed by atoms with E-state index in [9.17, 15) is 0 Å². The van der Waals surface area contributed by atoms with E-state index in [1.165, 1.54) is 30.9 Å². The highest BCUT2D eigenvalue weighted by Gasteiger charge is 2.26. The summed E-state index contributed by atoms with van der Waals surface area (Å²) < 4.78 is 2.47. The normalized spacial score (nSPS) is 11.6. The Balaban J connectivity index is 1.37. The van der Waals surface area contributed by atoms with Crippen LogP contribution in [0.25, 0.3) is 97.9 Å². The van der Waals surface area contributed by atoms with Crippen LogP contribution in [0.5, 0.6) is 0 Å². The molecule has 3 aromatic heterocycles. The number of thiophene rings is 1. The smallest absolute Gasteiger partial charge is 0.105 e. The van der Waals surface area contributed by atoms with Crippen molar-refractivity contribution in [1.82, 2.24) is 20.4 Å². The largest absolute Gasteiger partial charge is 0.354 e. The van der Waals surface area contributed by atoms with Crippen molar-refractivity contribution in [2.24, 2.45) is 0 Å². The topological polar surface area (TPSA) is 54.5 Å². The van der Waals surface area contributed by atoms with Crippen LogP contribution in [0.2, 0.25) is 0 Å². The standard InChI is InChI=1S/C45H28N4S/c1-3-14-28(15-4-1)30-20-11-22-34(40(30)35-23-12-21-32-31-18-7-9-25-37(31)46-44(32)35)42-43(29-16-5-2-6-17-29)47-49-48-45(42)36-24-13-27-39-41(36)33-19-8-10-26-38(33)50-39/h1-27,46H. The number of H-pyrrole nitrogens is 1. The van der Waals surface area contributed by atoms with Gasteiger partial charge in [0.2, 0.25) is 0 Å². The first kappa shape index (κ1) is 28.6. The van der Waals surface area contributed by atoms with Crippen LogP contribution in [0.1, 0.15) is 0 Å². The second-order valence-electron chi connectivity index (χ2n) is 12.5. The second kappa shape index (κ2) is 11.6. The number of para-hydroxylation sites is 2. The van der Waals surface area contributed by atoms with Gasteiger partial charge in [-0.2, -0.15) is 0 Å². The van der Waals surface area contributed by atoms with Crippen LogP contribution in [-0.4, -0.2) is 20.4 Å². The number of aromatic nitrogens is 4. The van der Waals surface area contributed by atoms with E-state index < -0.39 is 0 Å². The van der Waals surface area contributed by atoms with E-state index in [1.807, 2.05) is 17.4 Å². The maximum atomic E-state index is 4.92. The minimum atomic E-state index is 0.794. The molecule has 0 aliphatic rings. The molecular weight excluding hydrogens is 629 g/mol. The fourth-order valence-electron chi connectivity index (χ4n) is 7.53. The SMILES string of the molecule is c1ccc(-c2cccc(-c3c(-c4ccccc4)nnnc3-c3cccc4sc5ccccc5c34)c2-c2cccc3c2[nH]c2ccccc23)cc1. The Kier molecular flexibility index (Phi) is 6.64. The minimum Gasteiger partial charge on any atom is -0.354 e. The molecule has 7 aromatic carbocycles. The third-order valence-corrected chi connectivity index (χ3v) is 10.8. The van der Waals surface area contributed by atoms with Crippen LogP contribution in [0, 0.1) is 0 Å². The summed E-state index contributed by atoms with van der Waals surface area (Å²) in [4.78, 5) is 3.79. The van der Waals surface area contributed by atoms with Gasteiger partial charge >= 0.3 is 0 Å². The molecule has 50 heavy (non-hydrogen) atoms. The summed E-state index contributed by atoms with van der Waals surface area (Å²) in [7, 11) is 0. The van der Waals surface area contributed by atoms with Gasteiger partial charge in [0.25, 0.3) is 0 Å². The lowest BCUT2D eigenvalue weighted by Gasteiger charge is -2.20. The van der Waals surface area contributed by atoms with E-state index in [4.69, 9.17) is 10.2 Å². The Morgan fingerprint density at radius 3 is 1.86 bits per heavy atom. The maximum absolute atomic E-state index is 4.92. The number of nitrogens with one attached hydrogen (secondary N) is 1. The van der Waals surface area contributed by atoms with Crippen molar-refractivity contribution in [3.05, 3.63) is 164 Å². The van der Waals surface area contributed by atoms with Crippen molar-refractivity contribution in [3.63, 3.8) is 0 Å². The summed E-state index contributed by atoms with van der Waals surface area (Å²) in [6, 6.07) is 57.9. The summed E-state index contributed by atoms with van der Waals surface area (Å²) in [6.45, 7) is 0. The number of hydrogen-bond acceptors (Lipinski definition) is 4. The highest BCUT2D eigenvalue weighted by Crippen LogP contribution is 2.49. The summed E-state index contributed by atoms with van der Waals surface area (Å²) in [5.41, 5.74) is 12.4. The molecule has 5 heteroatoms. The van der Waals surface area contributed by atoms with Crippen LogP contribution >= 0.6 is 11.3 Å². The second-order valence-corrected chi connectivity index (χ2v) is 13.6. The summed E-state index contributed by atoms with van der Waals surface area (Å²) >= 11 is 1.81. The lowest BCUT2D eigenvalue weighted by molar-refractivity contribution is 0.879. The van der Waals surface area contributed by atoms with Crippen molar-refractivity contribution in [1.29, 1.82) is 0 Å². The zero-order valence-electron chi connectivity index (χ0n) is 26.8. The van der Waals surface area contributed by atoms with Gasteiger partial charge in [-0.15, -0.1) is 21.5 Å². The number of hydrogen-bond donors (Lipinski definition) is 1. The van der Waals surface area contributed by atoms with E-state index in [0.717, 1.165) is 66.9 Å². The molecule has 0 unspecified atom stereocenters. The molecule has 0 amide bonds. The molecule has 0 spiro atoms. The first-order valence-electron chi connectivity index (χ1n) is 16.7. The van der Waals surface area contributed by atoms with Gasteiger partial charge in [0.05, 0.1) is 5.52 Å². The van der Waals surface area contributed by atoms with E-state index in [-0.39, 0.29) is 0 Å². The molecule has 4 nitrogen and oxygen atoms in total. The zero-order chi connectivity index (χ0) is 33.0. The van der Waals surface area contributed by atoms with Crippen LogP contribution in [-0.2, 0) is 0 Å². The van der Waals surface area contributed by atoms with Gasteiger partial charge in [-0.25, -0.2) is 0 Å². The Morgan fingerprint density at radius 1 is 0.400 bits per heavy atom. The van der Waals surface area contributed by atoms with Crippen LogP contribution in [0.15, 0.2) is 164 Å². The maximum Gasteiger partial charge on any atom is 0.105 e. The predicted molar refractivity (Wildman–Crippen MR) is 209 cm³/mol. The average Bonchev–Trinajstić information content (AvgIpc) is 3.77. The number of nitrogens with zero attached hydrogens (tertiary/aromatic N) is 3. The van der Waals surface area contributed by atoms with Gasteiger partial charge < -0.3 is 4.98 Å². The monoisotopic (exact) mass is 656 g/mol. The number of rotatable bonds is 5. The molecule has 0 saturated heterocycles. The van der Waals surface area contributed by atoms with Crippen molar-refractivity contribution >= 4 is 53.3 Å². The van der Waals surface area contributed by atoms with Gasteiger partial charge in [-0.3, -0.25) is 0 Å². The predicted octanol–water partition coefficient (Wildman–Crippen LogP) is 12.2. The van der Waals surface area contributed by atoms with Crippen LogP contribution < -0.4 is 0 Å². The number of aromatic amines is 1. The lowest BCUT2D eigenvalue weighted by atomic mass is 9.84. The number of benzene rings is 7. The van der Waals surface area contributed by atoms with Crippen molar-refractivity contribution in [2.75, 3.05) is 0 Å². The molecular formula is C45H28N4S. The van der Waals surface area contributed by atoms with Gasteiger partial charge in [-0.05, 0) is 45.7 Å². The van der Waals surface area contributed by atoms with Crippen molar-refractivity contribution in [2.45, 2.75) is 0 Å². The Bertz CT molecular complexity index is 2870. The van der Waals surface area contributed by atoms with Gasteiger partial charge in [-0.1, -0.05) is 146 Å². The molecule has 0 bridgehead atoms.